The summed E-state index contributed by atoms with van der Waals surface area (Å²) in [6.07, 6.45) is 1.08. The summed E-state index contributed by atoms with van der Waals surface area (Å²) in [5, 5.41) is 4.34. The Morgan fingerprint density at radius 1 is 1.24 bits per heavy atom. The van der Waals surface area contributed by atoms with Gasteiger partial charge in [-0.25, -0.2) is 0 Å². The lowest BCUT2D eigenvalue weighted by atomic mass is 9.94. The molecule has 0 spiro atoms. The van der Waals surface area contributed by atoms with E-state index in [-0.39, 0.29) is 31.3 Å². The van der Waals surface area contributed by atoms with E-state index in [0.717, 1.165) is 6.08 Å². The van der Waals surface area contributed by atoms with Crippen molar-refractivity contribution in [2.75, 3.05) is 13.1 Å². The van der Waals surface area contributed by atoms with E-state index in [2.05, 4.69) is 17.2 Å². The zero-order chi connectivity index (χ0) is 18.2. The smallest absolute Gasteiger partial charge is 0.307 e. The molecule has 3 aliphatic rings. The average Bonchev–Trinajstić information content (AvgIpc) is 3.17. The van der Waals surface area contributed by atoms with Gasteiger partial charge in [0.25, 0.3) is 10.1 Å². The average molecular weight is 372 g/mol. The molecule has 9 nitrogen and oxygen atoms in total. The summed E-state index contributed by atoms with van der Waals surface area (Å²) in [6.45, 7) is 3.12. The molecule has 2 N–H and O–H groups in total. The van der Waals surface area contributed by atoms with E-state index in [4.69, 9.17) is 8.92 Å². The maximum Gasteiger partial charge on any atom is 0.307 e. The standard InChI is InChI=1S/C15H20N2O7S/c1-2-11(18)17-7-12(19)16-4-3-13(20)23-14-8-5-9-10(6-8)25(21,22)24-15(9)14/h2,8-10,14-15H,1,3-7H2,(H,16,19)(H,17,18). The summed E-state index contributed by atoms with van der Waals surface area (Å²) in [7, 11) is -3.53. The van der Waals surface area contributed by atoms with E-state index in [1.54, 1.807) is 0 Å². The molecule has 5 unspecified atom stereocenters. The Labute approximate surface area is 145 Å². The second kappa shape index (κ2) is 6.75. The van der Waals surface area contributed by atoms with Gasteiger partial charge in [0.15, 0.2) is 0 Å². The molecule has 0 aromatic rings. The summed E-state index contributed by atoms with van der Waals surface area (Å²) in [5.41, 5.74) is 0. The highest BCUT2D eigenvalue weighted by Crippen LogP contribution is 2.55. The van der Waals surface area contributed by atoms with Crippen molar-refractivity contribution in [1.29, 1.82) is 0 Å². The topological polar surface area (TPSA) is 128 Å². The summed E-state index contributed by atoms with van der Waals surface area (Å²) in [6, 6.07) is 0. The Morgan fingerprint density at radius 2 is 2.00 bits per heavy atom. The van der Waals surface area contributed by atoms with Gasteiger partial charge in [-0.1, -0.05) is 6.58 Å². The Balaban J connectivity index is 1.40. The molecule has 2 amide bonds. The highest BCUT2D eigenvalue weighted by atomic mass is 32.2. The van der Waals surface area contributed by atoms with Gasteiger partial charge in [0.05, 0.1) is 18.2 Å². The molecular formula is C15H20N2O7S. The van der Waals surface area contributed by atoms with E-state index >= 15 is 0 Å². The maximum atomic E-state index is 11.9. The molecule has 2 saturated carbocycles. The minimum atomic E-state index is -3.53. The van der Waals surface area contributed by atoms with Crippen molar-refractivity contribution >= 4 is 27.9 Å². The molecule has 5 atom stereocenters. The van der Waals surface area contributed by atoms with Gasteiger partial charge in [-0.3, -0.25) is 18.6 Å². The van der Waals surface area contributed by atoms with Crippen molar-refractivity contribution in [3.8, 4) is 0 Å². The van der Waals surface area contributed by atoms with Gasteiger partial charge in [-0.05, 0) is 18.9 Å². The van der Waals surface area contributed by atoms with Crippen LogP contribution in [0.5, 0.6) is 0 Å². The van der Waals surface area contributed by atoms with Crippen LogP contribution in [0.25, 0.3) is 0 Å². The fourth-order valence-electron chi connectivity index (χ4n) is 3.86. The predicted octanol–water partition coefficient (Wildman–Crippen LogP) is -1.16. The van der Waals surface area contributed by atoms with Gasteiger partial charge in [-0.2, -0.15) is 8.42 Å². The van der Waals surface area contributed by atoms with Gasteiger partial charge < -0.3 is 15.4 Å². The van der Waals surface area contributed by atoms with Crippen LogP contribution >= 0.6 is 0 Å². The molecule has 2 bridgehead atoms. The number of hydrogen-bond donors (Lipinski definition) is 2. The minimum absolute atomic E-state index is 0.0185. The van der Waals surface area contributed by atoms with Crippen LogP contribution in [-0.2, 0) is 33.4 Å². The maximum absolute atomic E-state index is 11.9. The van der Waals surface area contributed by atoms with E-state index in [1.807, 2.05) is 0 Å². The third-order valence-electron chi connectivity index (χ3n) is 4.94. The van der Waals surface area contributed by atoms with Crippen molar-refractivity contribution in [3.63, 3.8) is 0 Å². The second-order valence-corrected chi connectivity index (χ2v) is 8.25. The van der Waals surface area contributed by atoms with E-state index in [0.29, 0.717) is 12.8 Å². The molecule has 0 aromatic carbocycles. The fraction of sp³-hybridized carbons (Fsp3) is 0.667. The number of carbonyl (C=O) groups excluding carboxylic acids is 3. The normalized spacial score (nSPS) is 33.7. The largest absolute Gasteiger partial charge is 0.459 e. The number of nitrogens with one attached hydrogen (secondary N) is 2. The zero-order valence-corrected chi connectivity index (χ0v) is 14.3. The number of carbonyl (C=O) groups is 3. The second-order valence-electron chi connectivity index (χ2n) is 6.46. The quantitative estimate of drug-likeness (QED) is 0.328. The van der Waals surface area contributed by atoms with Crippen molar-refractivity contribution in [1.82, 2.24) is 10.6 Å². The molecule has 1 heterocycles. The van der Waals surface area contributed by atoms with Crippen molar-refractivity contribution in [2.24, 2.45) is 11.8 Å². The van der Waals surface area contributed by atoms with Crippen LogP contribution < -0.4 is 10.6 Å². The van der Waals surface area contributed by atoms with Crippen LogP contribution in [0.4, 0.5) is 0 Å². The predicted molar refractivity (Wildman–Crippen MR) is 84.5 cm³/mol. The Bertz CT molecular complexity index is 705. The molecule has 0 aromatic heterocycles. The molecular weight excluding hydrogens is 352 g/mol. The number of fused-ring (bicyclic) bond motifs is 1. The third-order valence-corrected chi connectivity index (χ3v) is 6.72. The van der Waals surface area contributed by atoms with Crippen molar-refractivity contribution in [2.45, 2.75) is 36.7 Å². The van der Waals surface area contributed by atoms with Gasteiger partial charge in [-0.15, -0.1) is 0 Å². The molecule has 10 heteroatoms. The monoisotopic (exact) mass is 372 g/mol. The van der Waals surface area contributed by atoms with Crippen LogP contribution in [0, 0.1) is 11.8 Å². The lowest BCUT2D eigenvalue weighted by molar-refractivity contribution is -0.155. The first-order chi connectivity index (χ1) is 11.8. The highest BCUT2D eigenvalue weighted by Gasteiger charge is 2.65. The molecule has 0 radical (unpaired) electrons. The molecule has 2 aliphatic carbocycles. The van der Waals surface area contributed by atoms with Crippen LogP contribution in [0.15, 0.2) is 12.7 Å². The van der Waals surface area contributed by atoms with Gasteiger partial charge in [0, 0.05) is 18.4 Å². The van der Waals surface area contributed by atoms with Gasteiger partial charge in [0.2, 0.25) is 11.8 Å². The summed E-state index contributed by atoms with van der Waals surface area (Å²) < 4.78 is 34.2. The number of esters is 1. The molecule has 1 saturated heterocycles. The fourth-order valence-corrected chi connectivity index (χ4v) is 5.74. The number of amides is 2. The van der Waals surface area contributed by atoms with E-state index in [9.17, 15) is 22.8 Å². The number of rotatable bonds is 7. The highest BCUT2D eigenvalue weighted by molar-refractivity contribution is 7.87. The molecule has 3 rings (SSSR count). The SMILES string of the molecule is C=CC(=O)NCC(=O)NCCC(=O)OC1C2CC3C1OS(=O)(=O)C3C2. The van der Waals surface area contributed by atoms with Crippen molar-refractivity contribution < 1.29 is 31.7 Å². The summed E-state index contributed by atoms with van der Waals surface area (Å²) in [4.78, 5) is 34.3. The molecule has 3 fully saturated rings. The first kappa shape index (κ1) is 17.9. The minimum Gasteiger partial charge on any atom is -0.459 e. The molecule has 138 valence electrons. The molecule has 1 aliphatic heterocycles. The van der Waals surface area contributed by atoms with Crippen LogP contribution in [0.2, 0.25) is 0 Å². The zero-order valence-electron chi connectivity index (χ0n) is 13.5. The third kappa shape index (κ3) is 3.54. The lowest BCUT2D eigenvalue weighted by Gasteiger charge is -2.24. The number of hydrogen-bond acceptors (Lipinski definition) is 7. The molecule has 25 heavy (non-hydrogen) atoms. The first-order valence-electron chi connectivity index (χ1n) is 8.10. The first-order valence-corrected chi connectivity index (χ1v) is 9.57. The van der Waals surface area contributed by atoms with Crippen molar-refractivity contribution in [3.05, 3.63) is 12.7 Å². The van der Waals surface area contributed by atoms with E-state index < -0.39 is 45.4 Å². The summed E-state index contributed by atoms with van der Waals surface area (Å²) in [5.74, 6) is -1.48. The van der Waals surface area contributed by atoms with Gasteiger partial charge >= 0.3 is 5.97 Å². The Kier molecular flexibility index (Phi) is 4.83. The number of ether oxygens (including phenoxy) is 1. The lowest BCUT2D eigenvalue weighted by Crippen LogP contribution is -2.39. The van der Waals surface area contributed by atoms with Crippen LogP contribution in [0.3, 0.4) is 0 Å². The Hall–Kier alpha value is -1.94. The summed E-state index contributed by atoms with van der Waals surface area (Å²) >= 11 is 0. The Morgan fingerprint density at radius 3 is 2.72 bits per heavy atom. The van der Waals surface area contributed by atoms with Gasteiger partial charge in [0.1, 0.15) is 12.2 Å². The van der Waals surface area contributed by atoms with E-state index in [1.165, 1.54) is 0 Å². The van der Waals surface area contributed by atoms with Crippen LogP contribution in [0.1, 0.15) is 19.3 Å². The van der Waals surface area contributed by atoms with Crippen LogP contribution in [-0.4, -0.2) is 56.7 Å².